The summed E-state index contributed by atoms with van der Waals surface area (Å²) in [4.78, 5) is 18.5. The number of nitrogens with one attached hydrogen (secondary N) is 1. The van der Waals surface area contributed by atoms with Crippen LogP contribution in [0.25, 0.3) is 0 Å². The summed E-state index contributed by atoms with van der Waals surface area (Å²) in [5.41, 5.74) is 3.66. The molecule has 3 heterocycles. The number of aryl methyl sites for hydroxylation is 1. The number of rotatable bonds is 5. The van der Waals surface area contributed by atoms with Gasteiger partial charge < -0.3 is 19.5 Å². The largest absolute Gasteiger partial charge is 0.486 e. The van der Waals surface area contributed by atoms with Gasteiger partial charge in [0.05, 0.1) is 12.7 Å². The van der Waals surface area contributed by atoms with Crippen molar-refractivity contribution in [2.75, 3.05) is 11.9 Å². The summed E-state index contributed by atoms with van der Waals surface area (Å²) < 4.78 is 11.2. The number of anilines is 1. The van der Waals surface area contributed by atoms with E-state index in [4.69, 9.17) is 9.26 Å². The summed E-state index contributed by atoms with van der Waals surface area (Å²) in [6.07, 6.45) is 4.95. The van der Waals surface area contributed by atoms with Gasteiger partial charge in [0.25, 0.3) is 0 Å². The number of carbonyl (C=O) groups excluding carboxylic acids is 1. The van der Waals surface area contributed by atoms with E-state index in [2.05, 4.69) is 22.4 Å². The van der Waals surface area contributed by atoms with Crippen LogP contribution in [0.3, 0.4) is 0 Å². The van der Waals surface area contributed by atoms with E-state index in [0.29, 0.717) is 31.0 Å². The third-order valence-electron chi connectivity index (χ3n) is 4.82. The molecule has 1 aliphatic rings. The van der Waals surface area contributed by atoms with Crippen LogP contribution in [0, 0.1) is 0 Å². The SMILES string of the molecule is CCc1ccc(NC(=O)N2CCc3onc(COc4cccnc4)c3C2)cc1. The van der Waals surface area contributed by atoms with Gasteiger partial charge in [0, 0.05) is 30.4 Å². The summed E-state index contributed by atoms with van der Waals surface area (Å²) in [5.74, 6) is 1.49. The molecular formula is C21H22N4O3. The molecule has 0 bridgehead atoms. The zero-order valence-electron chi connectivity index (χ0n) is 15.7. The second kappa shape index (κ2) is 8.12. The molecular weight excluding hydrogens is 356 g/mol. The fraction of sp³-hybridized carbons (Fsp3) is 0.286. The highest BCUT2D eigenvalue weighted by Crippen LogP contribution is 2.24. The maximum atomic E-state index is 12.7. The van der Waals surface area contributed by atoms with E-state index >= 15 is 0 Å². The van der Waals surface area contributed by atoms with Gasteiger partial charge in [-0.05, 0) is 36.2 Å². The van der Waals surface area contributed by atoms with Crippen molar-refractivity contribution in [3.8, 4) is 5.75 Å². The zero-order chi connectivity index (χ0) is 19.3. The Kier molecular flexibility index (Phi) is 5.23. The average molecular weight is 378 g/mol. The van der Waals surface area contributed by atoms with Crippen molar-refractivity contribution in [3.05, 3.63) is 71.4 Å². The standard InChI is InChI=1S/C21H22N4O3/c1-2-15-5-7-16(8-6-15)23-21(26)25-11-9-20-18(13-25)19(24-28-20)14-27-17-4-3-10-22-12-17/h3-8,10,12H,2,9,11,13-14H2,1H3,(H,23,26). The molecule has 1 aliphatic heterocycles. The number of pyridine rings is 1. The van der Waals surface area contributed by atoms with Crippen molar-refractivity contribution in [2.45, 2.75) is 32.9 Å². The molecule has 0 unspecified atom stereocenters. The molecule has 0 saturated heterocycles. The molecule has 0 saturated carbocycles. The molecule has 0 radical (unpaired) electrons. The highest BCUT2D eigenvalue weighted by molar-refractivity contribution is 5.89. The number of hydrogen-bond donors (Lipinski definition) is 1. The zero-order valence-corrected chi connectivity index (χ0v) is 15.7. The predicted molar refractivity (Wildman–Crippen MR) is 104 cm³/mol. The molecule has 28 heavy (non-hydrogen) atoms. The lowest BCUT2D eigenvalue weighted by atomic mass is 10.1. The van der Waals surface area contributed by atoms with Crippen LogP contribution in [0.2, 0.25) is 0 Å². The van der Waals surface area contributed by atoms with Crippen LogP contribution >= 0.6 is 0 Å². The Hall–Kier alpha value is -3.35. The molecule has 7 heteroatoms. The second-order valence-electron chi connectivity index (χ2n) is 6.66. The summed E-state index contributed by atoms with van der Waals surface area (Å²) in [7, 11) is 0. The quantitative estimate of drug-likeness (QED) is 0.730. The van der Waals surface area contributed by atoms with Crippen molar-refractivity contribution in [2.24, 2.45) is 0 Å². The van der Waals surface area contributed by atoms with Crippen LogP contribution in [-0.4, -0.2) is 27.6 Å². The van der Waals surface area contributed by atoms with Gasteiger partial charge in [0.2, 0.25) is 0 Å². The third kappa shape index (κ3) is 3.98. The minimum atomic E-state index is -0.129. The smallest absolute Gasteiger partial charge is 0.322 e. The number of hydrogen-bond acceptors (Lipinski definition) is 5. The van der Waals surface area contributed by atoms with E-state index < -0.39 is 0 Å². The maximum Gasteiger partial charge on any atom is 0.322 e. The average Bonchev–Trinajstić information content (AvgIpc) is 3.16. The first-order valence-electron chi connectivity index (χ1n) is 9.37. The second-order valence-corrected chi connectivity index (χ2v) is 6.66. The number of benzene rings is 1. The number of ether oxygens (including phenoxy) is 1. The highest BCUT2D eigenvalue weighted by atomic mass is 16.5. The first-order chi connectivity index (χ1) is 13.7. The molecule has 0 atom stereocenters. The Labute approximate surface area is 163 Å². The van der Waals surface area contributed by atoms with Gasteiger partial charge >= 0.3 is 6.03 Å². The van der Waals surface area contributed by atoms with Crippen molar-refractivity contribution in [3.63, 3.8) is 0 Å². The molecule has 3 aromatic rings. The van der Waals surface area contributed by atoms with Crippen molar-refractivity contribution in [1.82, 2.24) is 15.0 Å². The molecule has 2 aromatic heterocycles. The Balaban J connectivity index is 1.40. The molecule has 2 amide bonds. The van der Waals surface area contributed by atoms with E-state index in [-0.39, 0.29) is 12.6 Å². The lowest BCUT2D eigenvalue weighted by molar-refractivity contribution is 0.202. The molecule has 0 aliphatic carbocycles. The molecule has 0 spiro atoms. The maximum absolute atomic E-state index is 12.7. The molecule has 7 nitrogen and oxygen atoms in total. The summed E-state index contributed by atoms with van der Waals surface area (Å²) >= 11 is 0. The lowest BCUT2D eigenvalue weighted by Crippen LogP contribution is -2.38. The van der Waals surface area contributed by atoms with E-state index in [1.54, 1.807) is 17.3 Å². The van der Waals surface area contributed by atoms with Gasteiger partial charge in [0.1, 0.15) is 23.8 Å². The van der Waals surface area contributed by atoms with Crippen LogP contribution < -0.4 is 10.1 Å². The van der Waals surface area contributed by atoms with Crippen molar-refractivity contribution < 1.29 is 14.1 Å². The number of carbonyl (C=O) groups is 1. The minimum Gasteiger partial charge on any atom is -0.486 e. The highest BCUT2D eigenvalue weighted by Gasteiger charge is 2.27. The summed E-state index contributed by atoms with van der Waals surface area (Å²) in [6.45, 7) is 3.42. The predicted octanol–water partition coefficient (Wildman–Crippen LogP) is 3.80. The summed E-state index contributed by atoms with van der Waals surface area (Å²) in [5, 5.41) is 7.09. The molecule has 1 aromatic carbocycles. The number of amides is 2. The Bertz CT molecular complexity index is 938. The van der Waals surface area contributed by atoms with Crippen LogP contribution in [0.1, 0.15) is 29.5 Å². The number of nitrogens with zero attached hydrogens (tertiary/aromatic N) is 3. The van der Waals surface area contributed by atoms with Crippen LogP contribution in [0.4, 0.5) is 10.5 Å². The third-order valence-corrected chi connectivity index (χ3v) is 4.82. The number of aromatic nitrogens is 2. The van der Waals surface area contributed by atoms with Crippen LogP contribution in [0.15, 0.2) is 53.3 Å². The van der Waals surface area contributed by atoms with Gasteiger partial charge in [-0.2, -0.15) is 0 Å². The van der Waals surface area contributed by atoms with E-state index in [1.807, 2.05) is 36.4 Å². The van der Waals surface area contributed by atoms with E-state index in [1.165, 1.54) is 5.56 Å². The topological polar surface area (TPSA) is 80.5 Å². The molecule has 144 valence electrons. The first-order valence-corrected chi connectivity index (χ1v) is 9.37. The monoisotopic (exact) mass is 378 g/mol. The van der Waals surface area contributed by atoms with Gasteiger partial charge in [-0.15, -0.1) is 0 Å². The van der Waals surface area contributed by atoms with E-state index in [9.17, 15) is 4.79 Å². The molecule has 4 rings (SSSR count). The normalized spacial score (nSPS) is 13.1. The van der Waals surface area contributed by atoms with Crippen molar-refractivity contribution in [1.29, 1.82) is 0 Å². The van der Waals surface area contributed by atoms with Gasteiger partial charge in [-0.3, -0.25) is 4.98 Å². The van der Waals surface area contributed by atoms with Gasteiger partial charge in [-0.1, -0.05) is 24.2 Å². The first kappa shape index (κ1) is 18.0. The van der Waals surface area contributed by atoms with Crippen molar-refractivity contribution >= 4 is 11.7 Å². The lowest BCUT2D eigenvalue weighted by Gasteiger charge is -2.26. The Morgan fingerprint density at radius 2 is 2.14 bits per heavy atom. The Morgan fingerprint density at radius 3 is 2.89 bits per heavy atom. The van der Waals surface area contributed by atoms with Gasteiger partial charge in [0.15, 0.2) is 0 Å². The summed E-state index contributed by atoms with van der Waals surface area (Å²) in [6, 6.07) is 11.4. The number of urea groups is 1. The fourth-order valence-electron chi connectivity index (χ4n) is 3.16. The van der Waals surface area contributed by atoms with Crippen LogP contribution in [0.5, 0.6) is 5.75 Å². The van der Waals surface area contributed by atoms with Crippen LogP contribution in [-0.2, 0) is 26.0 Å². The Morgan fingerprint density at radius 1 is 1.29 bits per heavy atom. The molecule has 1 N–H and O–H groups in total. The fourth-order valence-corrected chi connectivity index (χ4v) is 3.16. The minimum absolute atomic E-state index is 0.129. The van der Waals surface area contributed by atoms with E-state index in [0.717, 1.165) is 23.4 Å². The van der Waals surface area contributed by atoms with Gasteiger partial charge in [-0.25, -0.2) is 4.79 Å². The number of fused-ring (bicyclic) bond motifs is 1. The molecule has 0 fully saturated rings.